The van der Waals surface area contributed by atoms with Crippen molar-refractivity contribution in [3.05, 3.63) is 28.8 Å². The van der Waals surface area contributed by atoms with Gasteiger partial charge in [-0.1, -0.05) is 17.7 Å². The Morgan fingerprint density at radius 3 is 2.94 bits per heavy atom. The summed E-state index contributed by atoms with van der Waals surface area (Å²) in [5.74, 6) is 0. The van der Waals surface area contributed by atoms with Crippen molar-refractivity contribution in [3.8, 4) is 0 Å². The number of aliphatic hydroxyl groups is 1. The van der Waals surface area contributed by atoms with E-state index >= 15 is 0 Å². The number of piperidine rings is 1. The van der Waals surface area contributed by atoms with Crippen molar-refractivity contribution >= 4 is 17.3 Å². The number of nitrogens with zero attached hydrogens (tertiary/aromatic N) is 1. The van der Waals surface area contributed by atoms with Crippen molar-refractivity contribution in [2.24, 2.45) is 5.73 Å². The van der Waals surface area contributed by atoms with Crippen molar-refractivity contribution in [2.75, 3.05) is 24.6 Å². The number of rotatable bonds is 2. The highest BCUT2D eigenvalue weighted by Gasteiger charge is 2.31. The SMILES string of the molecule is Cc1ccc(N2CCCC(N)(CO)C2)cc1Cl. The summed E-state index contributed by atoms with van der Waals surface area (Å²) in [5, 5.41) is 10.1. The van der Waals surface area contributed by atoms with E-state index < -0.39 is 5.54 Å². The summed E-state index contributed by atoms with van der Waals surface area (Å²) in [4.78, 5) is 2.20. The molecule has 0 aliphatic carbocycles. The summed E-state index contributed by atoms with van der Waals surface area (Å²) in [6.45, 7) is 3.67. The second-order valence-corrected chi connectivity index (χ2v) is 5.39. The minimum absolute atomic E-state index is 0.0308. The van der Waals surface area contributed by atoms with Gasteiger partial charge >= 0.3 is 0 Å². The van der Waals surface area contributed by atoms with Gasteiger partial charge in [0.15, 0.2) is 0 Å². The lowest BCUT2D eigenvalue weighted by atomic mass is 9.90. The molecule has 0 radical (unpaired) electrons. The van der Waals surface area contributed by atoms with Crippen LogP contribution in [-0.2, 0) is 0 Å². The topological polar surface area (TPSA) is 49.5 Å². The van der Waals surface area contributed by atoms with E-state index in [1.807, 2.05) is 19.1 Å². The maximum atomic E-state index is 9.34. The van der Waals surface area contributed by atoms with E-state index in [4.69, 9.17) is 17.3 Å². The van der Waals surface area contributed by atoms with Gasteiger partial charge in [-0.3, -0.25) is 0 Å². The first kappa shape index (κ1) is 12.7. The molecule has 1 heterocycles. The maximum Gasteiger partial charge on any atom is 0.0628 e. The summed E-state index contributed by atoms with van der Waals surface area (Å²) in [5.41, 5.74) is 7.82. The van der Waals surface area contributed by atoms with Crippen molar-refractivity contribution in [3.63, 3.8) is 0 Å². The van der Waals surface area contributed by atoms with Crippen molar-refractivity contribution in [1.29, 1.82) is 0 Å². The summed E-state index contributed by atoms with van der Waals surface area (Å²) in [7, 11) is 0. The molecule has 1 aromatic carbocycles. The van der Waals surface area contributed by atoms with Gasteiger partial charge < -0.3 is 15.7 Å². The van der Waals surface area contributed by atoms with Crippen LogP contribution in [0.3, 0.4) is 0 Å². The Morgan fingerprint density at radius 2 is 2.29 bits per heavy atom. The van der Waals surface area contributed by atoms with Crippen LogP contribution in [-0.4, -0.2) is 30.3 Å². The number of benzene rings is 1. The Bertz CT molecular complexity index is 410. The molecule has 0 amide bonds. The number of aryl methyl sites for hydroxylation is 1. The first-order valence-corrected chi connectivity index (χ1v) is 6.33. The molecular weight excluding hydrogens is 236 g/mol. The van der Waals surface area contributed by atoms with E-state index in [1.54, 1.807) is 0 Å². The summed E-state index contributed by atoms with van der Waals surface area (Å²) < 4.78 is 0. The zero-order valence-corrected chi connectivity index (χ0v) is 10.9. The van der Waals surface area contributed by atoms with Crippen molar-refractivity contribution in [1.82, 2.24) is 0 Å². The van der Waals surface area contributed by atoms with Crippen LogP contribution in [0.5, 0.6) is 0 Å². The number of hydrogen-bond acceptors (Lipinski definition) is 3. The van der Waals surface area contributed by atoms with Gasteiger partial charge in [0.05, 0.1) is 12.1 Å². The molecule has 3 N–H and O–H groups in total. The van der Waals surface area contributed by atoms with Gasteiger partial charge in [0, 0.05) is 23.8 Å². The smallest absolute Gasteiger partial charge is 0.0628 e. The largest absolute Gasteiger partial charge is 0.394 e. The van der Waals surface area contributed by atoms with E-state index in [9.17, 15) is 5.11 Å². The molecule has 94 valence electrons. The summed E-state index contributed by atoms with van der Waals surface area (Å²) in [6, 6.07) is 6.05. The molecule has 1 atom stereocenters. The van der Waals surface area contributed by atoms with E-state index in [-0.39, 0.29) is 6.61 Å². The average molecular weight is 255 g/mol. The predicted molar refractivity (Wildman–Crippen MR) is 71.6 cm³/mol. The summed E-state index contributed by atoms with van der Waals surface area (Å²) >= 11 is 6.13. The molecule has 0 spiro atoms. The van der Waals surface area contributed by atoms with Crippen LogP contribution in [0.2, 0.25) is 5.02 Å². The van der Waals surface area contributed by atoms with Gasteiger partial charge in [-0.05, 0) is 37.5 Å². The van der Waals surface area contributed by atoms with Gasteiger partial charge in [0.1, 0.15) is 0 Å². The lowest BCUT2D eigenvalue weighted by Crippen LogP contribution is -2.56. The van der Waals surface area contributed by atoms with Crippen LogP contribution in [0.15, 0.2) is 18.2 Å². The fraction of sp³-hybridized carbons (Fsp3) is 0.538. The third-order valence-corrected chi connectivity index (χ3v) is 3.85. The maximum absolute atomic E-state index is 9.34. The minimum atomic E-state index is -0.477. The second kappa shape index (κ2) is 4.84. The molecule has 1 aromatic rings. The highest BCUT2D eigenvalue weighted by Crippen LogP contribution is 2.27. The average Bonchev–Trinajstić information content (AvgIpc) is 2.33. The van der Waals surface area contributed by atoms with Gasteiger partial charge in [-0.25, -0.2) is 0 Å². The molecule has 1 saturated heterocycles. The number of halogens is 1. The molecular formula is C13H19ClN2O. The van der Waals surface area contributed by atoms with Crippen LogP contribution < -0.4 is 10.6 Å². The number of hydrogen-bond donors (Lipinski definition) is 2. The van der Waals surface area contributed by atoms with E-state index in [2.05, 4.69) is 11.0 Å². The summed E-state index contributed by atoms with van der Waals surface area (Å²) in [6.07, 6.45) is 1.88. The highest BCUT2D eigenvalue weighted by molar-refractivity contribution is 6.31. The Labute approximate surface area is 107 Å². The quantitative estimate of drug-likeness (QED) is 0.848. The molecule has 1 aliphatic heterocycles. The Kier molecular flexibility index (Phi) is 3.61. The van der Waals surface area contributed by atoms with Crippen LogP contribution in [0.4, 0.5) is 5.69 Å². The Hall–Kier alpha value is -0.770. The number of nitrogens with two attached hydrogens (primary N) is 1. The zero-order valence-electron chi connectivity index (χ0n) is 10.1. The molecule has 0 aromatic heterocycles. The Morgan fingerprint density at radius 1 is 1.53 bits per heavy atom. The van der Waals surface area contributed by atoms with Crippen LogP contribution in [0.25, 0.3) is 0 Å². The normalized spacial score (nSPS) is 25.1. The molecule has 17 heavy (non-hydrogen) atoms. The molecule has 4 heteroatoms. The first-order chi connectivity index (χ1) is 8.04. The van der Waals surface area contributed by atoms with E-state index in [0.29, 0.717) is 6.54 Å². The second-order valence-electron chi connectivity index (χ2n) is 4.98. The predicted octanol–water partition coefficient (Wildman–Crippen LogP) is 1.94. The minimum Gasteiger partial charge on any atom is -0.394 e. The fourth-order valence-electron chi connectivity index (χ4n) is 2.29. The third kappa shape index (κ3) is 2.73. The molecule has 3 nitrogen and oxygen atoms in total. The molecule has 1 aliphatic rings. The van der Waals surface area contributed by atoms with E-state index in [0.717, 1.165) is 35.7 Å². The van der Waals surface area contributed by atoms with Gasteiger partial charge in [-0.2, -0.15) is 0 Å². The van der Waals surface area contributed by atoms with Crippen LogP contribution in [0, 0.1) is 6.92 Å². The number of aliphatic hydroxyl groups excluding tert-OH is 1. The van der Waals surface area contributed by atoms with Crippen LogP contribution >= 0.6 is 11.6 Å². The fourth-order valence-corrected chi connectivity index (χ4v) is 2.46. The van der Waals surface area contributed by atoms with Crippen molar-refractivity contribution in [2.45, 2.75) is 25.3 Å². The molecule has 1 fully saturated rings. The molecule has 2 rings (SSSR count). The lowest BCUT2D eigenvalue weighted by Gasteiger charge is -2.40. The van der Waals surface area contributed by atoms with Crippen molar-refractivity contribution < 1.29 is 5.11 Å². The standard InChI is InChI=1S/C13H19ClN2O/c1-10-3-4-11(7-12(10)14)16-6-2-5-13(15,8-16)9-17/h3-4,7,17H,2,5-6,8-9,15H2,1H3. The first-order valence-electron chi connectivity index (χ1n) is 5.95. The molecule has 1 unspecified atom stereocenters. The van der Waals surface area contributed by atoms with Gasteiger partial charge in [-0.15, -0.1) is 0 Å². The monoisotopic (exact) mass is 254 g/mol. The molecule has 0 bridgehead atoms. The van der Waals surface area contributed by atoms with Gasteiger partial charge in [0.25, 0.3) is 0 Å². The van der Waals surface area contributed by atoms with Gasteiger partial charge in [0.2, 0.25) is 0 Å². The zero-order chi connectivity index (χ0) is 12.5. The van der Waals surface area contributed by atoms with E-state index in [1.165, 1.54) is 0 Å². The highest BCUT2D eigenvalue weighted by atomic mass is 35.5. The third-order valence-electron chi connectivity index (χ3n) is 3.44. The number of anilines is 1. The lowest BCUT2D eigenvalue weighted by molar-refractivity contribution is 0.177. The van der Waals surface area contributed by atoms with Crippen LogP contribution in [0.1, 0.15) is 18.4 Å². The molecule has 0 saturated carbocycles. The Balaban J connectivity index is 2.19.